The molecule has 0 radical (unpaired) electrons. The zero-order chi connectivity index (χ0) is 12.4. The van der Waals surface area contributed by atoms with E-state index in [2.05, 4.69) is 26.3 Å². The van der Waals surface area contributed by atoms with Gasteiger partial charge in [0.25, 0.3) is 0 Å². The van der Waals surface area contributed by atoms with Crippen LogP contribution >= 0.6 is 0 Å². The molecule has 0 atom stereocenters. The fourth-order valence-electron chi connectivity index (χ4n) is 2.52. The highest BCUT2D eigenvalue weighted by Crippen LogP contribution is 2.26. The van der Waals surface area contributed by atoms with Gasteiger partial charge in [0, 0.05) is 25.2 Å². The molecular formula is C14H22N4. The number of hydrogen-bond donors (Lipinski definition) is 1. The van der Waals surface area contributed by atoms with Crippen LogP contribution in [0.4, 0.5) is 11.6 Å². The van der Waals surface area contributed by atoms with E-state index < -0.39 is 0 Å². The van der Waals surface area contributed by atoms with Crippen LogP contribution in [0.3, 0.4) is 0 Å². The molecular weight excluding hydrogens is 224 g/mol. The van der Waals surface area contributed by atoms with Gasteiger partial charge < -0.3 is 10.2 Å². The smallest absolute Gasteiger partial charge is 0.134 e. The fourth-order valence-corrected chi connectivity index (χ4v) is 2.52. The Morgan fingerprint density at radius 1 is 1.11 bits per heavy atom. The van der Waals surface area contributed by atoms with Gasteiger partial charge in [0.2, 0.25) is 0 Å². The third kappa shape index (κ3) is 2.92. The Morgan fingerprint density at radius 3 is 2.50 bits per heavy atom. The second-order valence-corrected chi connectivity index (χ2v) is 5.48. The van der Waals surface area contributed by atoms with Crippen LogP contribution in [0.25, 0.3) is 0 Å². The minimum absolute atomic E-state index is 0.649. The highest BCUT2D eigenvalue weighted by molar-refractivity contribution is 5.50. The molecule has 0 amide bonds. The van der Waals surface area contributed by atoms with E-state index in [9.17, 15) is 0 Å². The van der Waals surface area contributed by atoms with Crippen LogP contribution in [0.2, 0.25) is 0 Å². The van der Waals surface area contributed by atoms with E-state index in [1.807, 2.05) is 6.92 Å². The molecule has 0 bridgehead atoms. The van der Waals surface area contributed by atoms with Crippen LogP contribution in [0.15, 0.2) is 6.07 Å². The molecule has 1 aromatic heterocycles. The predicted molar refractivity (Wildman–Crippen MR) is 74.1 cm³/mol. The van der Waals surface area contributed by atoms with Crippen LogP contribution in [-0.2, 0) is 0 Å². The molecule has 1 N–H and O–H groups in total. The van der Waals surface area contributed by atoms with Crippen molar-refractivity contribution in [1.82, 2.24) is 9.97 Å². The monoisotopic (exact) mass is 246 g/mol. The molecule has 1 saturated carbocycles. The summed E-state index contributed by atoms with van der Waals surface area (Å²) in [4.78, 5) is 11.5. The molecule has 1 saturated heterocycles. The van der Waals surface area contributed by atoms with Crippen molar-refractivity contribution < 1.29 is 0 Å². The first kappa shape index (κ1) is 11.8. The first-order chi connectivity index (χ1) is 8.81. The van der Waals surface area contributed by atoms with Gasteiger partial charge in [-0.15, -0.1) is 0 Å². The van der Waals surface area contributed by atoms with E-state index in [1.54, 1.807) is 0 Å². The van der Waals surface area contributed by atoms with Gasteiger partial charge in [-0.2, -0.15) is 0 Å². The molecule has 0 unspecified atom stereocenters. The number of nitrogens with one attached hydrogen (secondary N) is 1. The Balaban J connectivity index is 1.78. The molecule has 18 heavy (non-hydrogen) atoms. The maximum absolute atomic E-state index is 4.60. The van der Waals surface area contributed by atoms with Crippen molar-refractivity contribution in [2.45, 2.75) is 51.5 Å². The average molecular weight is 246 g/mol. The molecule has 0 aromatic carbocycles. The van der Waals surface area contributed by atoms with Crippen molar-refractivity contribution in [2.24, 2.45) is 0 Å². The van der Waals surface area contributed by atoms with E-state index in [-0.39, 0.29) is 0 Å². The summed E-state index contributed by atoms with van der Waals surface area (Å²) in [5, 5.41) is 3.47. The molecule has 3 rings (SSSR count). The number of hydrogen-bond acceptors (Lipinski definition) is 4. The van der Waals surface area contributed by atoms with Crippen LogP contribution < -0.4 is 10.2 Å². The largest absolute Gasteiger partial charge is 0.367 e. The number of anilines is 2. The van der Waals surface area contributed by atoms with Gasteiger partial charge in [0.05, 0.1) is 0 Å². The van der Waals surface area contributed by atoms with E-state index in [1.165, 1.54) is 38.5 Å². The van der Waals surface area contributed by atoms with E-state index in [0.29, 0.717) is 6.04 Å². The second-order valence-electron chi connectivity index (χ2n) is 5.48. The third-order valence-corrected chi connectivity index (χ3v) is 3.68. The first-order valence-electron chi connectivity index (χ1n) is 7.18. The summed E-state index contributed by atoms with van der Waals surface area (Å²) >= 11 is 0. The minimum Gasteiger partial charge on any atom is -0.367 e. The Labute approximate surface area is 109 Å². The van der Waals surface area contributed by atoms with Crippen LogP contribution in [-0.4, -0.2) is 29.1 Å². The molecule has 1 aliphatic heterocycles. The molecule has 2 fully saturated rings. The number of nitrogens with zero attached hydrogens (tertiary/aromatic N) is 3. The Kier molecular flexibility index (Phi) is 3.35. The van der Waals surface area contributed by atoms with E-state index in [4.69, 9.17) is 0 Å². The Hall–Kier alpha value is -1.32. The van der Waals surface area contributed by atoms with Crippen molar-refractivity contribution in [3.05, 3.63) is 11.9 Å². The van der Waals surface area contributed by atoms with Crippen molar-refractivity contribution in [2.75, 3.05) is 23.3 Å². The summed E-state index contributed by atoms with van der Waals surface area (Å²) in [6.45, 7) is 4.26. The molecule has 2 aliphatic rings. The van der Waals surface area contributed by atoms with Gasteiger partial charge in [-0.1, -0.05) is 12.8 Å². The molecule has 4 nitrogen and oxygen atoms in total. The topological polar surface area (TPSA) is 41.1 Å². The zero-order valence-corrected chi connectivity index (χ0v) is 11.2. The number of rotatable bonds is 3. The fraction of sp³-hybridized carbons (Fsp3) is 0.714. The zero-order valence-electron chi connectivity index (χ0n) is 11.2. The molecule has 1 aromatic rings. The van der Waals surface area contributed by atoms with Gasteiger partial charge in [-0.25, -0.2) is 9.97 Å². The van der Waals surface area contributed by atoms with Crippen molar-refractivity contribution in [3.63, 3.8) is 0 Å². The highest BCUT2D eigenvalue weighted by atomic mass is 15.2. The normalized spacial score (nSPS) is 20.6. The van der Waals surface area contributed by atoms with Gasteiger partial charge >= 0.3 is 0 Å². The summed E-state index contributed by atoms with van der Waals surface area (Å²) in [7, 11) is 0. The highest BCUT2D eigenvalue weighted by Gasteiger charge is 2.22. The number of aromatic nitrogens is 2. The van der Waals surface area contributed by atoms with Crippen molar-refractivity contribution in [1.29, 1.82) is 0 Å². The maximum atomic E-state index is 4.60. The standard InChI is InChI=1S/C14H22N4/c1-11-15-13(17-12-6-7-12)10-14(16-11)18-8-4-2-3-5-9-18/h10,12H,2-9H2,1H3,(H,15,16,17). The molecule has 0 spiro atoms. The van der Waals surface area contributed by atoms with Gasteiger partial charge in [0.1, 0.15) is 17.5 Å². The lowest BCUT2D eigenvalue weighted by Gasteiger charge is -2.22. The third-order valence-electron chi connectivity index (χ3n) is 3.68. The van der Waals surface area contributed by atoms with Crippen LogP contribution in [0.5, 0.6) is 0 Å². The van der Waals surface area contributed by atoms with E-state index >= 15 is 0 Å². The lowest BCUT2D eigenvalue weighted by Crippen LogP contribution is -2.25. The average Bonchev–Trinajstić information content (AvgIpc) is 3.13. The van der Waals surface area contributed by atoms with Crippen molar-refractivity contribution in [3.8, 4) is 0 Å². The molecule has 4 heteroatoms. The second kappa shape index (κ2) is 5.12. The van der Waals surface area contributed by atoms with Crippen LogP contribution in [0.1, 0.15) is 44.3 Å². The maximum Gasteiger partial charge on any atom is 0.134 e. The minimum atomic E-state index is 0.649. The van der Waals surface area contributed by atoms with Gasteiger partial charge in [0.15, 0.2) is 0 Å². The first-order valence-corrected chi connectivity index (χ1v) is 7.18. The summed E-state index contributed by atoms with van der Waals surface area (Å²) in [5.74, 6) is 2.98. The van der Waals surface area contributed by atoms with E-state index in [0.717, 1.165) is 30.5 Å². The van der Waals surface area contributed by atoms with Crippen LogP contribution in [0, 0.1) is 6.92 Å². The van der Waals surface area contributed by atoms with Gasteiger partial charge in [-0.05, 0) is 32.6 Å². The van der Waals surface area contributed by atoms with Gasteiger partial charge in [-0.3, -0.25) is 0 Å². The summed E-state index contributed by atoms with van der Waals surface area (Å²) in [6, 6.07) is 2.77. The summed E-state index contributed by atoms with van der Waals surface area (Å²) < 4.78 is 0. The Bertz CT molecular complexity index is 406. The van der Waals surface area contributed by atoms with Crippen molar-refractivity contribution >= 4 is 11.6 Å². The number of aryl methyl sites for hydroxylation is 1. The predicted octanol–water partition coefficient (Wildman–Crippen LogP) is 2.74. The SMILES string of the molecule is Cc1nc(NC2CC2)cc(N2CCCCCC2)n1. The molecule has 1 aliphatic carbocycles. The quantitative estimate of drug-likeness (QED) is 0.890. The molecule has 98 valence electrons. The lowest BCUT2D eigenvalue weighted by molar-refractivity contribution is 0.726. The summed E-state index contributed by atoms with van der Waals surface area (Å²) in [5.41, 5.74) is 0. The lowest BCUT2D eigenvalue weighted by atomic mass is 10.2. The Morgan fingerprint density at radius 2 is 1.83 bits per heavy atom. The molecule has 2 heterocycles. The summed E-state index contributed by atoms with van der Waals surface area (Å²) in [6.07, 6.45) is 7.84.